The number of aromatic nitrogens is 4. The molecule has 4 N–H and O–H groups in total. The molecular formula is C16H26N6O2. The van der Waals surface area contributed by atoms with E-state index >= 15 is 0 Å². The lowest BCUT2D eigenvalue weighted by Gasteiger charge is -2.09. The van der Waals surface area contributed by atoms with Crippen molar-refractivity contribution < 1.29 is 4.74 Å². The molecule has 2 aromatic rings. The lowest BCUT2D eigenvalue weighted by Crippen LogP contribution is -2.18. The summed E-state index contributed by atoms with van der Waals surface area (Å²) in [5.41, 5.74) is 6.90. The van der Waals surface area contributed by atoms with Crippen LogP contribution in [0.2, 0.25) is 0 Å². The van der Waals surface area contributed by atoms with Gasteiger partial charge in [-0.05, 0) is 31.6 Å². The fourth-order valence-corrected chi connectivity index (χ4v) is 3.06. The number of unbranched alkanes of at least 4 members (excludes halogenated alkanes) is 1. The molecule has 8 heteroatoms. The molecule has 8 nitrogen and oxygen atoms in total. The first kappa shape index (κ1) is 16.8. The van der Waals surface area contributed by atoms with Gasteiger partial charge in [-0.3, -0.25) is 4.57 Å². The number of aromatic amines is 1. The highest BCUT2D eigenvalue weighted by molar-refractivity contribution is 5.82. The van der Waals surface area contributed by atoms with Gasteiger partial charge in [-0.25, -0.2) is 4.79 Å². The number of nitrogens with one attached hydrogen (secondary N) is 2. The van der Waals surface area contributed by atoms with E-state index in [0.717, 1.165) is 51.9 Å². The lowest BCUT2D eigenvalue weighted by molar-refractivity contribution is 0.183. The first-order valence-corrected chi connectivity index (χ1v) is 8.76. The van der Waals surface area contributed by atoms with E-state index in [9.17, 15) is 4.79 Å². The Morgan fingerprint density at radius 3 is 3.04 bits per heavy atom. The van der Waals surface area contributed by atoms with Crippen LogP contribution >= 0.6 is 0 Å². The number of aryl methyl sites for hydroxylation is 1. The molecule has 132 valence electrons. The maximum atomic E-state index is 12.2. The summed E-state index contributed by atoms with van der Waals surface area (Å²) >= 11 is 0. The van der Waals surface area contributed by atoms with E-state index in [1.165, 1.54) is 0 Å². The number of rotatable bonds is 8. The molecule has 3 rings (SSSR count). The first-order valence-electron chi connectivity index (χ1n) is 8.76. The van der Waals surface area contributed by atoms with E-state index in [0.29, 0.717) is 35.4 Å². The van der Waals surface area contributed by atoms with E-state index in [1.807, 2.05) is 0 Å². The van der Waals surface area contributed by atoms with Gasteiger partial charge in [0.2, 0.25) is 5.95 Å². The maximum absolute atomic E-state index is 12.2. The van der Waals surface area contributed by atoms with Gasteiger partial charge in [0.1, 0.15) is 5.52 Å². The first-order chi connectivity index (χ1) is 11.7. The summed E-state index contributed by atoms with van der Waals surface area (Å²) < 4.78 is 7.06. The third kappa shape index (κ3) is 3.69. The topological polar surface area (TPSA) is 111 Å². The van der Waals surface area contributed by atoms with Crippen LogP contribution in [0.3, 0.4) is 0 Å². The molecule has 0 aromatic carbocycles. The number of H-pyrrole nitrogens is 1. The molecule has 1 unspecified atom stereocenters. The Bertz CT molecular complexity index is 732. The third-order valence-electron chi connectivity index (χ3n) is 4.48. The van der Waals surface area contributed by atoms with Gasteiger partial charge in [0.15, 0.2) is 11.5 Å². The largest absolute Gasteiger partial charge is 0.382 e. The second kappa shape index (κ2) is 7.65. The highest BCUT2D eigenvalue weighted by Gasteiger charge is 2.17. The van der Waals surface area contributed by atoms with Crippen molar-refractivity contribution in [2.24, 2.45) is 5.92 Å². The number of nitrogens with two attached hydrogens (primary N) is 1. The predicted octanol–water partition coefficient (Wildman–Crippen LogP) is 1.73. The van der Waals surface area contributed by atoms with Gasteiger partial charge in [0.25, 0.3) is 0 Å². The van der Waals surface area contributed by atoms with Crippen LogP contribution in [-0.4, -0.2) is 39.3 Å². The van der Waals surface area contributed by atoms with E-state index in [2.05, 4.69) is 27.2 Å². The van der Waals surface area contributed by atoms with Gasteiger partial charge in [-0.1, -0.05) is 13.3 Å². The minimum Gasteiger partial charge on any atom is -0.382 e. The van der Waals surface area contributed by atoms with Crippen molar-refractivity contribution in [2.75, 3.05) is 30.8 Å². The summed E-state index contributed by atoms with van der Waals surface area (Å²) in [7, 11) is 0. The van der Waals surface area contributed by atoms with Crippen LogP contribution in [0.1, 0.15) is 39.0 Å². The lowest BCUT2D eigenvalue weighted by atomic mass is 10.0. The molecule has 1 aliphatic rings. The fraction of sp³-hybridized carbons (Fsp3) is 0.688. The number of hydrogen-bond acceptors (Lipinski definition) is 6. The second-order valence-corrected chi connectivity index (χ2v) is 6.37. The van der Waals surface area contributed by atoms with E-state index < -0.39 is 0 Å². The molecular weight excluding hydrogens is 308 g/mol. The molecule has 0 amide bonds. The van der Waals surface area contributed by atoms with Gasteiger partial charge < -0.3 is 20.8 Å². The molecule has 24 heavy (non-hydrogen) atoms. The highest BCUT2D eigenvalue weighted by atomic mass is 16.5. The zero-order chi connectivity index (χ0) is 16.9. The van der Waals surface area contributed by atoms with Gasteiger partial charge in [0, 0.05) is 26.3 Å². The second-order valence-electron chi connectivity index (χ2n) is 6.37. The predicted molar refractivity (Wildman–Crippen MR) is 94.1 cm³/mol. The van der Waals surface area contributed by atoms with Crippen LogP contribution in [0.4, 0.5) is 11.8 Å². The SMILES string of the molecule is CCCCNc1nc(N)c2[nH]c(=O)n(CCCC3CCOC3)c2n1. The molecule has 0 saturated carbocycles. The maximum Gasteiger partial charge on any atom is 0.327 e. The van der Waals surface area contributed by atoms with Crippen molar-refractivity contribution >= 4 is 22.9 Å². The molecule has 0 radical (unpaired) electrons. The van der Waals surface area contributed by atoms with Gasteiger partial charge >= 0.3 is 5.69 Å². The van der Waals surface area contributed by atoms with Gasteiger partial charge in [-0.15, -0.1) is 0 Å². The Kier molecular flexibility index (Phi) is 5.34. The van der Waals surface area contributed by atoms with Crippen molar-refractivity contribution in [3.05, 3.63) is 10.5 Å². The Labute approximate surface area is 140 Å². The van der Waals surface area contributed by atoms with Crippen molar-refractivity contribution in [1.29, 1.82) is 0 Å². The van der Waals surface area contributed by atoms with Crippen LogP contribution in [-0.2, 0) is 11.3 Å². The van der Waals surface area contributed by atoms with Crippen LogP contribution in [0, 0.1) is 5.92 Å². The fourth-order valence-electron chi connectivity index (χ4n) is 3.06. The Balaban J connectivity index is 1.75. The van der Waals surface area contributed by atoms with Gasteiger partial charge in [0.05, 0.1) is 0 Å². The summed E-state index contributed by atoms with van der Waals surface area (Å²) in [4.78, 5) is 23.7. The number of nitrogens with zero attached hydrogens (tertiary/aromatic N) is 3. The summed E-state index contributed by atoms with van der Waals surface area (Å²) in [6, 6.07) is 0. The van der Waals surface area contributed by atoms with Crippen LogP contribution < -0.4 is 16.7 Å². The molecule has 1 atom stereocenters. The number of fused-ring (bicyclic) bond motifs is 1. The third-order valence-corrected chi connectivity index (χ3v) is 4.48. The van der Waals surface area contributed by atoms with Crippen molar-refractivity contribution in [3.8, 4) is 0 Å². The number of anilines is 2. The number of hydrogen-bond donors (Lipinski definition) is 3. The normalized spacial score (nSPS) is 17.6. The quantitative estimate of drug-likeness (QED) is 0.634. The molecule has 0 spiro atoms. The summed E-state index contributed by atoms with van der Waals surface area (Å²) in [6.45, 7) is 5.23. The van der Waals surface area contributed by atoms with Crippen LogP contribution in [0.15, 0.2) is 4.79 Å². The Morgan fingerprint density at radius 1 is 1.42 bits per heavy atom. The van der Waals surface area contributed by atoms with Gasteiger partial charge in [-0.2, -0.15) is 9.97 Å². The average molecular weight is 334 g/mol. The Hall–Kier alpha value is -2.09. The van der Waals surface area contributed by atoms with E-state index in [-0.39, 0.29) is 5.69 Å². The zero-order valence-corrected chi connectivity index (χ0v) is 14.2. The van der Waals surface area contributed by atoms with Crippen molar-refractivity contribution in [1.82, 2.24) is 19.5 Å². The zero-order valence-electron chi connectivity index (χ0n) is 14.2. The van der Waals surface area contributed by atoms with Crippen LogP contribution in [0.5, 0.6) is 0 Å². The summed E-state index contributed by atoms with van der Waals surface area (Å²) in [6.07, 6.45) is 5.21. The summed E-state index contributed by atoms with van der Waals surface area (Å²) in [5.74, 6) is 1.39. The summed E-state index contributed by atoms with van der Waals surface area (Å²) in [5, 5.41) is 3.17. The number of ether oxygens (including phenoxy) is 1. The molecule has 1 saturated heterocycles. The molecule has 2 aromatic heterocycles. The minimum absolute atomic E-state index is 0.181. The average Bonchev–Trinajstić information content (AvgIpc) is 3.17. The molecule has 1 aliphatic heterocycles. The standard InChI is InChI=1S/C16H26N6O2/c1-2-3-7-18-15-20-13(17)12-14(21-15)22(16(23)19-12)8-4-5-11-6-9-24-10-11/h11H,2-10H2,1H3,(H,19,23)(H3,17,18,20,21). The minimum atomic E-state index is -0.181. The van der Waals surface area contributed by atoms with Crippen molar-refractivity contribution in [2.45, 2.75) is 45.6 Å². The highest BCUT2D eigenvalue weighted by Crippen LogP contribution is 2.20. The number of imidazole rings is 1. The molecule has 3 heterocycles. The van der Waals surface area contributed by atoms with E-state index in [1.54, 1.807) is 4.57 Å². The number of nitrogen functional groups attached to an aromatic ring is 1. The monoisotopic (exact) mass is 334 g/mol. The smallest absolute Gasteiger partial charge is 0.327 e. The molecule has 1 fully saturated rings. The Morgan fingerprint density at radius 2 is 2.29 bits per heavy atom. The van der Waals surface area contributed by atoms with Crippen molar-refractivity contribution in [3.63, 3.8) is 0 Å². The molecule has 0 aliphatic carbocycles. The molecule has 0 bridgehead atoms. The van der Waals surface area contributed by atoms with E-state index in [4.69, 9.17) is 10.5 Å². The van der Waals surface area contributed by atoms with Crippen LogP contribution in [0.25, 0.3) is 11.2 Å².